The zero-order chi connectivity index (χ0) is 21.2. The summed E-state index contributed by atoms with van der Waals surface area (Å²) in [6.45, 7) is 12.4. The Hall–Kier alpha value is -1.92. The number of nitrogens with one attached hydrogen (secondary N) is 2. The second-order valence-electron chi connectivity index (χ2n) is 8.33. The van der Waals surface area contributed by atoms with E-state index in [4.69, 9.17) is 0 Å². The first-order valence-corrected chi connectivity index (χ1v) is 11.0. The van der Waals surface area contributed by atoms with E-state index >= 15 is 0 Å². The van der Waals surface area contributed by atoms with Crippen molar-refractivity contribution in [3.8, 4) is 0 Å². The van der Waals surface area contributed by atoms with Crippen LogP contribution in [-0.4, -0.2) is 66.9 Å². The monoisotopic (exact) mass is 402 g/mol. The standard InChI is InChI=1S/C23H38N4O2/c1-5-6-7-11-20(4)24-21(28)16-26-12-14-27(15-13-26)17-22(29)25-23-18(2)9-8-10-19(23)3/h8-10,20H,5-7,11-17H2,1-4H3,(H,24,28)(H,25,29)/t20-/m1/s1. The average Bonchev–Trinajstić information content (AvgIpc) is 2.66. The molecule has 0 spiro atoms. The maximum atomic E-state index is 12.4. The lowest BCUT2D eigenvalue weighted by Gasteiger charge is -2.34. The van der Waals surface area contributed by atoms with Crippen LogP contribution in [0.2, 0.25) is 0 Å². The Morgan fingerprint density at radius 1 is 0.966 bits per heavy atom. The van der Waals surface area contributed by atoms with Crippen LogP contribution in [0.4, 0.5) is 5.69 Å². The summed E-state index contributed by atoms with van der Waals surface area (Å²) in [5.74, 6) is 0.129. The maximum absolute atomic E-state index is 12.4. The van der Waals surface area contributed by atoms with Gasteiger partial charge in [-0.05, 0) is 38.3 Å². The second-order valence-corrected chi connectivity index (χ2v) is 8.33. The SMILES string of the molecule is CCCCC[C@@H](C)NC(=O)CN1CCN(CC(=O)Nc2c(C)cccc2C)CC1. The fourth-order valence-corrected chi connectivity index (χ4v) is 3.80. The normalized spacial score (nSPS) is 16.4. The van der Waals surface area contributed by atoms with Gasteiger partial charge < -0.3 is 10.6 Å². The molecule has 1 aliphatic rings. The van der Waals surface area contributed by atoms with Gasteiger partial charge in [0.25, 0.3) is 0 Å². The maximum Gasteiger partial charge on any atom is 0.238 e. The molecule has 6 heteroatoms. The van der Waals surface area contributed by atoms with Crippen molar-refractivity contribution in [3.05, 3.63) is 29.3 Å². The Bertz CT molecular complexity index is 649. The van der Waals surface area contributed by atoms with E-state index in [0.717, 1.165) is 49.4 Å². The van der Waals surface area contributed by atoms with Gasteiger partial charge in [-0.2, -0.15) is 0 Å². The summed E-state index contributed by atoms with van der Waals surface area (Å²) < 4.78 is 0. The summed E-state index contributed by atoms with van der Waals surface area (Å²) in [7, 11) is 0. The molecule has 2 rings (SSSR count). The van der Waals surface area contributed by atoms with Gasteiger partial charge in [-0.1, -0.05) is 44.4 Å². The number of hydrogen-bond acceptors (Lipinski definition) is 4. The summed E-state index contributed by atoms with van der Waals surface area (Å²) >= 11 is 0. The first kappa shape index (κ1) is 23.4. The van der Waals surface area contributed by atoms with Crippen LogP contribution < -0.4 is 10.6 Å². The number of amides is 2. The predicted molar refractivity (Wildman–Crippen MR) is 119 cm³/mol. The number of unbranched alkanes of at least 4 members (excludes halogenated alkanes) is 2. The van der Waals surface area contributed by atoms with Crippen molar-refractivity contribution in [2.45, 2.75) is 59.4 Å². The van der Waals surface area contributed by atoms with E-state index in [9.17, 15) is 9.59 Å². The fourth-order valence-electron chi connectivity index (χ4n) is 3.80. The number of aryl methyl sites for hydroxylation is 2. The molecule has 1 atom stereocenters. The second kappa shape index (κ2) is 11.9. The van der Waals surface area contributed by atoms with E-state index in [1.807, 2.05) is 32.0 Å². The minimum Gasteiger partial charge on any atom is -0.353 e. The zero-order valence-corrected chi connectivity index (χ0v) is 18.6. The van der Waals surface area contributed by atoms with Gasteiger partial charge in [-0.25, -0.2) is 0 Å². The van der Waals surface area contributed by atoms with Crippen LogP contribution in [0.25, 0.3) is 0 Å². The third-order valence-electron chi connectivity index (χ3n) is 5.59. The first-order chi connectivity index (χ1) is 13.9. The van der Waals surface area contributed by atoms with Gasteiger partial charge in [0.05, 0.1) is 13.1 Å². The number of carbonyl (C=O) groups is 2. The number of rotatable bonds is 10. The van der Waals surface area contributed by atoms with Crippen molar-refractivity contribution in [1.82, 2.24) is 15.1 Å². The number of para-hydroxylation sites is 1. The highest BCUT2D eigenvalue weighted by molar-refractivity contribution is 5.93. The molecule has 1 aromatic rings. The number of hydrogen-bond donors (Lipinski definition) is 2. The number of benzene rings is 1. The Morgan fingerprint density at radius 3 is 2.07 bits per heavy atom. The quantitative estimate of drug-likeness (QED) is 0.591. The minimum atomic E-state index is 0.0227. The lowest BCUT2D eigenvalue weighted by Crippen LogP contribution is -2.51. The van der Waals surface area contributed by atoms with Crippen molar-refractivity contribution in [2.75, 3.05) is 44.6 Å². The lowest BCUT2D eigenvalue weighted by molar-refractivity contribution is -0.124. The molecule has 2 N–H and O–H groups in total. The molecule has 0 aromatic heterocycles. The molecule has 1 heterocycles. The van der Waals surface area contributed by atoms with Crippen LogP contribution in [0.15, 0.2) is 18.2 Å². The van der Waals surface area contributed by atoms with Gasteiger partial charge in [-0.15, -0.1) is 0 Å². The van der Waals surface area contributed by atoms with E-state index in [0.29, 0.717) is 13.1 Å². The zero-order valence-electron chi connectivity index (χ0n) is 18.6. The van der Waals surface area contributed by atoms with Gasteiger partial charge >= 0.3 is 0 Å². The van der Waals surface area contributed by atoms with E-state index in [1.165, 1.54) is 19.3 Å². The molecule has 6 nitrogen and oxygen atoms in total. The molecular formula is C23H38N4O2. The highest BCUT2D eigenvalue weighted by Gasteiger charge is 2.21. The van der Waals surface area contributed by atoms with Crippen LogP contribution in [0, 0.1) is 13.8 Å². The van der Waals surface area contributed by atoms with Crippen LogP contribution in [0.5, 0.6) is 0 Å². The Labute approximate surface area is 176 Å². The van der Waals surface area contributed by atoms with Crippen molar-refractivity contribution in [2.24, 2.45) is 0 Å². The molecular weight excluding hydrogens is 364 g/mol. The molecule has 0 saturated carbocycles. The van der Waals surface area contributed by atoms with Crippen molar-refractivity contribution < 1.29 is 9.59 Å². The highest BCUT2D eigenvalue weighted by atomic mass is 16.2. The Balaban J connectivity index is 1.68. The average molecular weight is 403 g/mol. The number of carbonyl (C=O) groups excluding carboxylic acids is 2. The summed E-state index contributed by atoms with van der Waals surface area (Å²) in [6.07, 6.45) is 4.64. The number of piperazine rings is 1. The summed E-state index contributed by atoms with van der Waals surface area (Å²) in [5.41, 5.74) is 3.08. The molecule has 0 aliphatic carbocycles. The molecule has 0 bridgehead atoms. The van der Waals surface area contributed by atoms with Gasteiger partial charge in [0.15, 0.2) is 0 Å². The van der Waals surface area contributed by atoms with E-state index in [-0.39, 0.29) is 17.9 Å². The van der Waals surface area contributed by atoms with Crippen molar-refractivity contribution in [1.29, 1.82) is 0 Å². The summed E-state index contributed by atoms with van der Waals surface area (Å²) in [6, 6.07) is 6.26. The largest absolute Gasteiger partial charge is 0.353 e. The highest BCUT2D eigenvalue weighted by Crippen LogP contribution is 2.19. The van der Waals surface area contributed by atoms with Crippen LogP contribution >= 0.6 is 0 Å². The van der Waals surface area contributed by atoms with Gasteiger partial charge in [0.1, 0.15) is 0 Å². The smallest absolute Gasteiger partial charge is 0.238 e. The Morgan fingerprint density at radius 2 is 1.52 bits per heavy atom. The van der Waals surface area contributed by atoms with Crippen LogP contribution in [0.3, 0.4) is 0 Å². The van der Waals surface area contributed by atoms with Crippen LogP contribution in [0.1, 0.15) is 50.7 Å². The minimum absolute atomic E-state index is 0.0227. The molecule has 1 saturated heterocycles. The summed E-state index contributed by atoms with van der Waals surface area (Å²) in [4.78, 5) is 29.0. The molecule has 1 aromatic carbocycles. The van der Waals surface area contributed by atoms with Gasteiger partial charge in [0.2, 0.25) is 11.8 Å². The molecule has 0 unspecified atom stereocenters. The first-order valence-electron chi connectivity index (χ1n) is 11.0. The number of nitrogens with zero attached hydrogens (tertiary/aromatic N) is 2. The molecule has 2 amide bonds. The van der Waals surface area contributed by atoms with E-state index < -0.39 is 0 Å². The number of anilines is 1. The molecule has 0 radical (unpaired) electrons. The van der Waals surface area contributed by atoms with Gasteiger partial charge in [0, 0.05) is 37.9 Å². The third kappa shape index (κ3) is 8.15. The van der Waals surface area contributed by atoms with Crippen molar-refractivity contribution >= 4 is 17.5 Å². The summed E-state index contributed by atoms with van der Waals surface area (Å²) in [5, 5.41) is 6.16. The van der Waals surface area contributed by atoms with Gasteiger partial charge in [-0.3, -0.25) is 19.4 Å². The lowest BCUT2D eigenvalue weighted by atomic mass is 10.1. The van der Waals surface area contributed by atoms with E-state index in [2.05, 4.69) is 34.3 Å². The fraction of sp³-hybridized carbons (Fsp3) is 0.652. The third-order valence-corrected chi connectivity index (χ3v) is 5.59. The van der Waals surface area contributed by atoms with Crippen molar-refractivity contribution in [3.63, 3.8) is 0 Å². The van der Waals surface area contributed by atoms with E-state index in [1.54, 1.807) is 0 Å². The Kier molecular flexibility index (Phi) is 9.61. The topological polar surface area (TPSA) is 64.7 Å². The molecule has 1 aliphatic heterocycles. The molecule has 162 valence electrons. The molecule has 29 heavy (non-hydrogen) atoms. The molecule has 1 fully saturated rings. The van der Waals surface area contributed by atoms with Crippen LogP contribution in [-0.2, 0) is 9.59 Å². The predicted octanol–water partition coefficient (Wildman–Crippen LogP) is 2.94.